The van der Waals surface area contributed by atoms with Gasteiger partial charge in [-0.05, 0) is 12.1 Å². The van der Waals surface area contributed by atoms with E-state index < -0.39 is 183 Å². The molecule has 16 atom stereocenters. The fourth-order valence-electron chi connectivity index (χ4n) is 9.69. The minimum Gasteiger partial charge on any atom is -1.00 e. The number of carbonyl (C=O) groups is 10. The van der Waals surface area contributed by atoms with E-state index in [-0.39, 0.29) is 51.0 Å². The first-order valence-electron chi connectivity index (χ1n) is 29.1. The molecule has 3 fully saturated rings. The third-order valence-electron chi connectivity index (χ3n) is 13.2. The van der Waals surface area contributed by atoms with E-state index >= 15 is 0 Å². The molecule has 0 radical (unpaired) electrons. The van der Waals surface area contributed by atoms with Crippen molar-refractivity contribution in [3.05, 3.63) is 35.9 Å². The number of halogens is 1. The molecule has 2 amide bonds. The normalized spacial score (nSPS) is 26.6. The molecule has 0 saturated carbocycles. The zero-order valence-corrected chi connectivity index (χ0v) is 53.4. The second-order valence-electron chi connectivity index (χ2n) is 20.5. The summed E-state index contributed by atoms with van der Waals surface area (Å²) in [5, 5.41) is 28.2. The number of methoxy groups -OCH3 is 1. The zero-order valence-electron chi connectivity index (χ0n) is 52.7. The molecule has 0 spiro atoms. The fourth-order valence-corrected chi connectivity index (χ4v) is 9.69. The summed E-state index contributed by atoms with van der Waals surface area (Å²) in [5.41, 5.74) is 3.72. The summed E-state index contributed by atoms with van der Waals surface area (Å²) in [5.74, 6) is -13.6. The average molecular weight is 1340 g/mol. The van der Waals surface area contributed by atoms with E-state index in [9.17, 15) is 58.2 Å². The molecule has 34 nitrogen and oxygen atoms in total. The number of carbonyl (C=O) groups excluding carboxylic acids is 10. The maximum Gasteiger partial charge on any atom is 0.366 e. The fraction of sp³-hybridized carbons (Fsp3) is 0.719. The minimum atomic E-state index is -3.14. The highest BCUT2D eigenvalue weighted by Crippen LogP contribution is 2.42. The van der Waals surface area contributed by atoms with Gasteiger partial charge in [0, 0.05) is 55.4 Å². The van der Waals surface area contributed by atoms with E-state index in [4.69, 9.17) is 90.0 Å². The standard InChI is InChI=1S/C57H85N3O31.ClH/c1-31(62)59-44-40(82-34(4)65)27-57(56(72)73-9,90-50(44)48(84-36(6)67)42(83-35(5)66)29-80-33(3)64)91-51-49(85-37(7)68)43(30-81-53(71)39-13-11-10-12-14-39)88-55(52(51)86-38(8)69)89-47-41(28-61)87-54(45(46(47)70)60-32(2)63)79-26-25-78-24-23-77-22-21-76-20-19-75-18-17-74-16-15-58;/h10-14,40-52,54-55,61,70H,15-30,58H2,1-9H3,(H,59,62)(H,60,63);1H/t40-,41+,42+,43+,44+,45+,46+,47+,48+,49-,50+,51-,52+,54+,55-,57-;/m0./s1. The van der Waals surface area contributed by atoms with Crippen LogP contribution in [0.2, 0.25) is 0 Å². The van der Waals surface area contributed by atoms with Crippen LogP contribution in [-0.2, 0) is 133 Å². The van der Waals surface area contributed by atoms with Crippen molar-refractivity contribution in [2.24, 2.45) is 0 Å². The number of nitrogens with one attached hydrogen (secondary N) is 2. The van der Waals surface area contributed by atoms with Gasteiger partial charge in [0.05, 0.1) is 111 Å². The number of hydrogen-bond acceptors (Lipinski definition) is 31. The molecule has 4 rings (SSSR count). The van der Waals surface area contributed by atoms with Gasteiger partial charge in [-0.15, -0.1) is 0 Å². The van der Waals surface area contributed by atoms with Gasteiger partial charge in [0.1, 0.15) is 62.0 Å². The minimum absolute atomic E-state index is 0. The summed E-state index contributed by atoms with van der Waals surface area (Å²) in [4.78, 5) is 132. The summed E-state index contributed by atoms with van der Waals surface area (Å²) < 4.78 is 110. The summed E-state index contributed by atoms with van der Waals surface area (Å²) in [6, 6.07) is 4.26. The maximum absolute atomic E-state index is 14.8. The van der Waals surface area contributed by atoms with Gasteiger partial charge >= 0.3 is 47.8 Å². The Kier molecular flexibility index (Phi) is 35.9. The van der Waals surface area contributed by atoms with Gasteiger partial charge < -0.3 is 129 Å². The molecule has 1 aromatic carbocycles. The number of benzene rings is 1. The maximum atomic E-state index is 14.8. The smallest absolute Gasteiger partial charge is 0.366 e. The number of hydrogen-bond donors (Lipinski definition) is 5. The molecule has 3 aliphatic heterocycles. The van der Waals surface area contributed by atoms with Gasteiger partial charge in [0.15, 0.2) is 37.0 Å². The van der Waals surface area contributed by atoms with Gasteiger partial charge in [-0.1, -0.05) is 18.2 Å². The first-order valence-corrected chi connectivity index (χ1v) is 29.1. The van der Waals surface area contributed by atoms with Crippen LogP contribution in [0.25, 0.3) is 0 Å². The second kappa shape index (κ2) is 41.4. The van der Waals surface area contributed by atoms with Crippen molar-refractivity contribution in [2.45, 2.75) is 159 Å². The van der Waals surface area contributed by atoms with E-state index in [1.807, 2.05) is 0 Å². The lowest BCUT2D eigenvalue weighted by Gasteiger charge is -2.52. The monoisotopic (exact) mass is 1340 g/mol. The third kappa shape index (κ3) is 26.2. The van der Waals surface area contributed by atoms with Crippen molar-refractivity contribution in [3.63, 3.8) is 0 Å². The van der Waals surface area contributed by atoms with Crippen LogP contribution in [0.15, 0.2) is 30.3 Å². The largest absolute Gasteiger partial charge is 1.00 e. The van der Waals surface area contributed by atoms with E-state index in [0.717, 1.165) is 62.5 Å². The van der Waals surface area contributed by atoms with Gasteiger partial charge in [0.25, 0.3) is 5.79 Å². The van der Waals surface area contributed by atoms with Crippen molar-refractivity contribution in [2.75, 3.05) is 106 Å². The molecule has 3 heterocycles. The number of aliphatic hydroxyl groups is 2. The molecule has 0 unspecified atom stereocenters. The molecule has 1 aromatic rings. The molecular formula is C57H86ClN3O31. The van der Waals surface area contributed by atoms with Crippen LogP contribution < -0.4 is 28.8 Å². The lowest BCUT2D eigenvalue weighted by molar-refractivity contribution is -0.383. The summed E-state index contributed by atoms with van der Waals surface area (Å²) in [6.45, 7) is 8.56. The Bertz CT molecular complexity index is 2500. The van der Waals surface area contributed by atoms with E-state index in [0.29, 0.717) is 46.2 Å². The van der Waals surface area contributed by atoms with Crippen LogP contribution in [0.4, 0.5) is 0 Å². The van der Waals surface area contributed by atoms with Gasteiger partial charge in [-0.25, -0.2) is 9.59 Å². The van der Waals surface area contributed by atoms with Crippen molar-refractivity contribution in [1.82, 2.24) is 10.6 Å². The molecular weight excluding hydrogens is 1260 g/mol. The first kappa shape index (κ1) is 79.9. The van der Waals surface area contributed by atoms with Crippen LogP contribution >= 0.6 is 0 Å². The van der Waals surface area contributed by atoms with Crippen LogP contribution in [0, 0.1) is 0 Å². The Morgan fingerprint density at radius 1 is 0.609 bits per heavy atom. The lowest BCUT2D eigenvalue weighted by atomic mass is 9.87. The number of aliphatic hydroxyl groups excluding tert-OH is 2. The number of rotatable bonds is 38. The summed E-state index contributed by atoms with van der Waals surface area (Å²) in [6.07, 6.45) is -26.2. The van der Waals surface area contributed by atoms with Gasteiger partial charge in [-0.3, -0.25) is 38.4 Å². The Morgan fingerprint density at radius 2 is 1.13 bits per heavy atom. The van der Waals surface area contributed by atoms with Gasteiger partial charge in [-0.2, -0.15) is 0 Å². The van der Waals surface area contributed by atoms with E-state index in [1.165, 1.54) is 24.3 Å². The highest BCUT2D eigenvalue weighted by molar-refractivity contribution is 5.89. The van der Waals surface area contributed by atoms with Crippen molar-refractivity contribution in [1.29, 1.82) is 0 Å². The Hall–Kier alpha value is -6.35. The van der Waals surface area contributed by atoms with Crippen LogP contribution in [0.3, 0.4) is 0 Å². The van der Waals surface area contributed by atoms with Crippen LogP contribution in [0.1, 0.15) is 72.2 Å². The van der Waals surface area contributed by atoms with E-state index in [2.05, 4.69) is 16.4 Å². The second-order valence-corrected chi connectivity index (χ2v) is 20.5. The molecule has 92 heavy (non-hydrogen) atoms. The molecule has 0 bridgehead atoms. The SMILES string of the molecule is COC(=O)[C@@]1(O[C@H]2[C@@H](OC(C)=O)[C@@H](COC(=O)c3ccccc3)O[C@@H](O[C@H]3[C@H](O)[C@@H](NC(C)=O)[C@H](OCCOCCOCCOCCOCCOCC[NH3+])O[C@@H]3CO)[C@@H]2OC(C)=O)C[C@H](OC(C)=O)[C@@H](NC(C)=O)[C@H]([C@H](OC(C)=O)[C@@H](COC(C)=O)OC(C)=O)O1.[Cl-]. The van der Waals surface area contributed by atoms with Crippen molar-refractivity contribution >= 4 is 59.6 Å². The van der Waals surface area contributed by atoms with E-state index in [1.54, 1.807) is 6.07 Å². The van der Waals surface area contributed by atoms with Crippen LogP contribution in [0.5, 0.6) is 0 Å². The molecule has 522 valence electrons. The Labute approximate surface area is 536 Å². The molecule has 3 aliphatic rings. The van der Waals surface area contributed by atoms with Gasteiger partial charge in [0.2, 0.25) is 11.8 Å². The number of quaternary nitrogens is 1. The lowest BCUT2D eigenvalue weighted by Crippen LogP contribution is -3.00. The van der Waals surface area contributed by atoms with Crippen LogP contribution in [-0.4, -0.2) is 274 Å². The quantitative estimate of drug-likeness (QED) is 0.0234. The molecule has 3 saturated heterocycles. The Morgan fingerprint density at radius 3 is 1.63 bits per heavy atom. The highest BCUT2D eigenvalue weighted by Gasteiger charge is 2.64. The number of amides is 2. The van der Waals surface area contributed by atoms with Crippen molar-refractivity contribution < 1.29 is 166 Å². The molecule has 35 heteroatoms. The third-order valence-corrected chi connectivity index (χ3v) is 13.2. The zero-order chi connectivity index (χ0) is 67.2. The van der Waals surface area contributed by atoms with Crippen molar-refractivity contribution in [3.8, 4) is 0 Å². The molecule has 0 aromatic heterocycles. The predicted octanol–water partition coefficient (Wildman–Crippen LogP) is -6.35. The summed E-state index contributed by atoms with van der Waals surface area (Å²) >= 11 is 0. The number of esters is 8. The average Bonchev–Trinajstić information content (AvgIpc) is 0.746. The Balaban J connectivity index is 0.0000221. The first-order chi connectivity index (χ1) is 43.3. The summed E-state index contributed by atoms with van der Waals surface area (Å²) in [7, 11) is 0.849. The number of ether oxygens (including phenoxy) is 19. The molecule has 7 N–H and O–H groups in total. The topological polar surface area (TPSA) is 438 Å². The molecule has 0 aliphatic carbocycles. The predicted molar refractivity (Wildman–Crippen MR) is 299 cm³/mol. The highest BCUT2D eigenvalue weighted by atomic mass is 35.5.